The molecule has 0 heterocycles. The van der Waals surface area contributed by atoms with Crippen molar-refractivity contribution in [2.45, 2.75) is 290 Å². The molecule has 1 atom stereocenters. The zero-order chi connectivity index (χ0) is 45.1. The molecule has 6 heteroatoms. The highest BCUT2D eigenvalue weighted by Crippen LogP contribution is 2.15. The van der Waals surface area contributed by atoms with Crippen molar-refractivity contribution in [1.29, 1.82) is 0 Å². The molecular weight excluding hydrogens is 769 g/mol. The minimum atomic E-state index is -0.779. The maximum absolute atomic E-state index is 12.8. The smallest absolute Gasteiger partial charge is 0.306 e. The molecule has 0 bridgehead atoms. The van der Waals surface area contributed by atoms with Crippen LogP contribution in [-0.2, 0) is 28.6 Å². The Labute approximate surface area is 385 Å². The van der Waals surface area contributed by atoms with Gasteiger partial charge in [0.25, 0.3) is 0 Å². The Kier molecular flexibility index (Phi) is 49.3. The molecule has 0 unspecified atom stereocenters. The summed E-state index contributed by atoms with van der Waals surface area (Å²) < 4.78 is 16.8. The van der Waals surface area contributed by atoms with Crippen molar-refractivity contribution in [3.63, 3.8) is 0 Å². The predicted molar refractivity (Wildman–Crippen MR) is 266 cm³/mol. The van der Waals surface area contributed by atoms with Crippen molar-refractivity contribution in [3.8, 4) is 0 Å². The van der Waals surface area contributed by atoms with Crippen molar-refractivity contribution >= 4 is 17.9 Å². The first-order chi connectivity index (χ1) is 30.5. The van der Waals surface area contributed by atoms with Gasteiger partial charge in [-0.15, -0.1) is 0 Å². The van der Waals surface area contributed by atoms with Crippen LogP contribution in [0.15, 0.2) is 36.5 Å². The number of esters is 3. The Morgan fingerprint density at radius 2 is 0.532 bits per heavy atom. The summed E-state index contributed by atoms with van der Waals surface area (Å²) in [7, 11) is 0. The first kappa shape index (κ1) is 59.6. The number of allylic oxidation sites excluding steroid dienone is 6. The quantitative estimate of drug-likeness (QED) is 0.0262. The fourth-order valence-electron chi connectivity index (χ4n) is 7.72. The summed E-state index contributed by atoms with van der Waals surface area (Å²) in [4.78, 5) is 38.0. The number of rotatable bonds is 49. The van der Waals surface area contributed by atoms with Crippen LogP contribution in [0, 0.1) is 0 Å². The molecule has 0 radical (unpaired) electrons. The predicted octanol–water partition coefficient (Wildman–Crippen LogP) is 17.7. The molecule has 0 N–H and O–H groups in total. The van der Waals surface area contributed by atoms with Crippen LogP contribution in [0.1, 0.15) is 284 Å². The van der Waals surface area contributed by atoms with Crippen LogP contribution >= 0.6 is 0 Å². The molecule has 0 aromatic carbocycles. The van der Waals surface area contributed by atoms with Crippen molar-refractivity contribution in [2.24, 2.45) is 0 Å². The molecule has 0 aromatic heterocycles. The fraction of sp³-hybridized carbons (Fsp3) is 0.839. The topological polar surface area (TPSA) is 78.9 Å². The molecular formula is C56H102O6. The van der Waals surface area contributed by atoms with Crippen LogP contribution in [0.25, 0.3) is 0 Å². The molecule has 0 aliphatic rings. The average Bonchev–Trinajstić information content (AvgIpc) is 3.27. The van der Waals surface area contributed by atoms with Crippen molar-refractivity contribution < 1.29 is 28.6 Å². The van der Waals surface area contributed by atoms with Gasteiger partial charge in [0, 0.05) is 19.3 Å². The van der Waals surface area contributed by atoms with Gasteiger partial charge >= 0.3 is 17.9 Å². The van der Waals surface area contributed by atoms with Gasteiger partial charge in [0.05, 0.1) is 0 Å². The minimum Gasteiger partial charge on any atom is -0.462 e. The summed E-state index contributed by atoms with van der Waals surface area (Å²) in [5, 5.41) is 0. The third-order valence-electron chi connectivity index (χ3n) is 11.8. The summed E-state index contributed by atoms with van der Waals surface area (Å²) in [6.45, 7) is 6.61. The van der Waals surface area contributed by atoms with Gasteiger partial charge in [-0.25, -0.2) is 0 Å². The number of hydrogen-bond donors (Lipinski definition) is 0. The van der Waals surface area contributed by atoms with E-state index in [-0.39, 0.29) is 31.1 Å². The zero-order valence-electron chi connectivity index (χ0n) is 41.4. The Hall–Kier alpha value is -2.37. The van der Waals surface area contributed by atoms with E-state index in [9.17, 15) is 14.4 Å². The lowest BCUT2D eigenvalue weighted by Crippen LogP contribution is -2.30. The normalized spacial score (nSPS) is 12.2. The monoisotopic (exact) mass is 871 g/mol. The van der Waals surface area contributed by atoms with E-state index in [1.54, 1.807) is 0 Å². The highest BCUT2D eigenvalue weighted by atomic mass is 16.6. The lowest BCUT2D eigenvalue weighted by molar-refractivity contribution is -0.167. The van der Waals surface area contributed by atoms with E-state index >= 15 is 0 Å². The second-order valence-electron chi connectivity index (χ2n) is 18.1. The van der Waals surface area contributed by atoms with Crippen LogP contribution in [0.2, 0.25) is 0 Å². The SMILES string of the molecule is CCCCC/C=C\CCCCCCCC(=O)OC[C@H](COC(=O)CCCCCCCCC/C=C\CCCCCCCC)OC(=O)CCCCCCC/C=C\CCCCCCCC. The molecule has 0 rings (SSSR count). The van der Waals surface area contributed by atoms with E-state index in [2.05, 4.69) is 57.2 Å². The minimum absolute atomic E-state index is 0.0787. The average molecular weight is 871 g/mol. The van der Waals surface area contributed by atoms with E-state index in [1.807, 2.05) is 0 Å². The van der Waals surface area contributed by atoms with Gasteiger partial charge in [0.15, 0.2) is 6.10 Å². The van der Waals surface area contributed by atoms with Crippen LogP contribution in [0.4, 0.5) is 0 Å². The Balaban J connectivity index is 4.36. The summed E-state index contributed by atoms with van der Waals surface area (Å²) >= 11 is 0. The molecule has 0 amide bonds. The molecule has 0 saturated carbocycles. The van der Waals surface area contributed by atoms with Gasteiger partial charge in [0.1, 0.15) is 13.2 Å². The molecule has 362 valence electrons. The van der Waals surface area contributed by atoms with E-state index in [4.69, 9.17) is 14.2 Å². The Bertz CT molecular complexity index is 1050. The van der Waals surface area contributed by atoms with Gasteiger partial charge < -0.3 is 14.2 Å². The van der Waals surface area contributed by atoms with Crippen molar-refractivity contribution in [3.05, 3.63) is 36.5 Å². The van der Waals surface area contributed by atoms with Crippen molar-refractivity contribution in [2.75, 3.05) is 13.2 Å². The van der Waals surface area contributed by atoms with Gasteiger partial charge in [-0.05, 0) is 96.3 Å². The number of ether oxygens (including phenoxy) is 3. The molecule has 0 aliphatic carbocycles. The highest BCUT2D eigenvalue weighted by Gasteiger charge is 2.19. The summed E-state index contributed by atoms with van der Waals surface area (Å²) in [6, 6.07) is 0. The molecule has 0 aromatic rings. The third kappa shape index (κ3) is 48.7. The third-order valence-corrected chi connectivity index (χ3v) is 11.8. The summed E-state index contributed by atoms with van der Waals surface area (Å²) in [5.74, 6) is -0.890. The standard InChI is InChI=1S/C56H102O6/c1-4-7-10-13-16-19-22-25-27-28-30-31-34-37-40-43-46-49-55(58)61-52-53(51-60-54(57)48-45-42-39-36-33-24-21-18-15-12-9-6-3)62-56(59)50-47-44-41-38-35-32-29-26-23-20-17-14-11-8-5-2/h18,21,25-27,29,53H,4-17,19-20,22-24,28,30-52H2,1-3H3/b21-18-,27-25-,29-26-/t53-/m1/s1. The molecule has 0 aliphatic heterocycles. The van der Waals surface area contributed by atoms with E-state index in [0.29, 0.717) is 19.3 Å². The van der Waals surface area contributed by atoms with Gasteiger partial charge in [-0.2, -0.15) is 0 Å². The second kappa shape index (κ2) is 51.3. The van der Waals surface area contributed by atoms with Gasteiger partial charge in [0.2, 0.25) is 0 Å². The Morgan fingerprint density at radius 1 is 0.306 bits per heavy atom. The summed E-state index contributed by atoms with van der Waals surface area (Å²) in [6.07, 6.45) is 59.8. The molecule has 0 fully saturated rings. The van der Waals surface area contributed by atoms with Gasteiger partial charge in [-0.1, -0.05) is 205 Å². The fourth-order valence-corrected chi connectivity index (χ4v) is 7.72. The number of unbranched alkanes of at least 4 members (excludes halogenated alkanes) is 32. The second-order valence-corrected chi connectivity index (χ2v) is 18.1. The van der Waals surface area contributed by atoms with Gasteiger partial charge in [-0.3, -0.25) is 14.4 Å². The Morgan fingerprint density at radius 3 is 0.839 bits per heavy atom. The van der Waals surface area contributed by atoms with Crippen LogP contribution in [-0.4, -0.2) is 37.2 Å². The van der Waals surface area contributed by atoms with Crippen LogP contribution in [0.5, 0.6) is 0 Å². The van der Waals surface area contributed by atoms with E-state index < -0.39 is 6.10 Å². The van der Waals surface area contributed by atoms with Crippen LogP contribution in [0.3, 0.4) is 0 Å². The largest absolute Gasteiger partial charge is 0.462 e. The van der Waals surface area contributed by atoms with Crippen LogP contribution < -0.4 is 0 Å². The number of carbonyl (C=O) groups is 3. The molecule has 62 heavy (non-hydrogen) atoms. The molecule has 0 spiro atoms. The molecule has 0 saturated heterocycles. The number of hydrogen-bond acceptors (Lipinski definition) is 6. The maximum atomic E-state index is 12.8. The summed E-state index contributed by atoms with van der Waals surface area (Å²) in [5.41, 5.74) is 0. The lowest BCUT2D eigenvalue weighted by Gasteiger charge is -2.18. The first-order valence-electron chi connectivity index (χ1n) is 27.0. The maximum Gasteiger partial charge on any atom is 0.306 e. The van der Waals surface area contributed by atoms with E-state index in [1.165, 1.54) is 173 Å². The van der Waals surface area contributed by atoms with E-state index in [0.717, 1.165) is 70.6 Å². The van der Waals surface area contributed by atoms with Crippen molar-refractivity contribution in [1.82, 2.24) is 0 Å². The zero-order valence-corrected chi connectivity index (χ0v) is 41.4. The lowest BCUT2D eigenvalue weighted by atomic mass is 10.1. The highest BCUT2D eigenvalue weighted by molar-refractivity contribution is 5.71. The first-order valence-corrected chi connectivity index (χ1v) is 27.0. The molecule has 6 nitrogen and oxygen atoms in total. The number of carbonyl (C=O) groups excluding carboxylic acids is 3.